The number of carbonyl (C=O) groups excluding carboxylic acids is 1. The van der Waals surface area contributed by atoms with Crippen LogP contribution in [0, 0.1) is 32.0 Å². The van der Waals surface area contributed by atoms with Crippen molar-refractivity contribution >= 4 is 39.8 Å². The Bertz CT molecular complexity index is 1400. The number of rotatable bonds is 3. The Kier molecular flexibility index (Phi) is 5.09. The number of nitrogens with zero attached hydrogens (tertiary/aromatic N) is 4. The zero-order valence-electron chi connectivity index (χ0n) is 18.3. The van der Waals surface area contributed by atoms with E-state index in [1.807, 2.05) is 55.7 Å². The third kappa shape index (κ3) is 3.72. The quantitative estimate of drug-likeness (QED) is 0.549. The fourth-order valence-electron chi connectivity index (χ4n) is 3.88. The summed E-state index contributed by atoms with van der Waals surface area (Å²) in [5, 5.41) is 15.7. The average molecular weight is 458 g/mol. The van der Waals surface area contributed by atoms with Gasteiger partial charge in [-0.3, -0.25) is 10.2 Å². The van der Waals surface area contributed by atoms with Crippen molar-refractivity contribution in [3.63, 3.8) is 0 Å². The van der Waals surface area contributed by atoms with Crippen LogP contribution in [-0.4, -0.2) is 31.5 Å². The molecule has 164 valence electrons. The Morgan fingerprint density at radius 3 is 2.42 bits per heavy atom. The first-order chi connectivity index (χ1) is 15.8. The van der Waals surface area contributed by atoms with Crippen molar-refractivity contribution in [1.82, 2.24) is 9.58 Å². The fourth-order valence-corrected chi connectivity index (χ4v) is 4.78. The van der Waals surface area contributed by atoms with Crippen LogP contribution in [0.15, 0.2) is 70.3 Å². The van der Waals surface area contributed by atoms with E-state index < -0.39 is 5.91 Å². The number of hydrazone groups is 1. The van der Waals surface area contributed by atoms with E-state index in [-0.39, 0.29) is 17.2 Å². The van der Waals surface area contributed by atoms with Crippen molar-refractivity contribution in [2.75, 3.05) is 0 Å². The minimum atomic E-state index is -0.467. The zero-order valence-corrected chi connectivity index (χ0v) is 19.1. The second kappa shape index (κ2) is 7.97. The zero-order chi connectivity index (χ0) is 23.3. The van der Waals surface area contributed by atoms with Gasteiger partial charge in [0.15, 0.2) is 5.84 Å². The van der Waals surface area contributed by atoms with Crippen LogP contribution in [-0.2, 0) is 4.79 Å². The molecule has 1 aromatic heterocycles. The summed E-state index contributed by atoms with van der Waals surface area (Å²) in [6.07, 6.45) is 1.68. The molecule has 0 saturated heterocycles. The minimum Gasteiger partial charge on any atom is -0.318 e. The second-order valence-corrected chi connectivity index (χ2v) is 8.89. The van der Waals surface area contributed by atoms with Crippen LogP contribution in [0.1, 0.15) is 28.1 Å². The number of hydrogen-bond donors (Lipinski definition) is 1. The summed E-state index contributed by atoms with van der Waals surface area (Å²) < 4.78 is 15.3. The number of halogens is 1. The van der Waals surface area contributed by atoms with E-state index >= 15 is 0 Å². The molecule has 1 N–H and O–H groups in total. The van der Waals surface area contributed by atoms with Gasteiger partial charge in [0.25, 0.3) is 5.91 Å². The normalized spacial score (nSPS) is 16.8. The summed E-state index contributed by atoms with van der Waals surface area (Å²) in [7, 11) is 0. The molecule has 0 aliphatic carbocycles. The molecule has 0 spiro atoms. The molecule has 3 aromatic rings. The molecule has 5 rings (SSSR count). The lowest BCUT2D eigenvalue weighted by molar-refractivity contribution is -0.114. The number of aryl methyl sites for hydroxylation is 2. The molecule has 1 amide bonds. The highest BCUT2D eigenvalue weighted by Crippen LogP contribution is 2.32. The Morgan fingerprint density at radius 1 is 1.03 bits per heavy atom. The van der Waals surface area contributed by atoms with Crippen LogP contribution in [0.5, 0.6) is 0 Å². The van der Waals surface area contributed by atoms with Crippen LogP contribution < -0.4 is 0 Å². The van der Waals surface area contributed by atoms with Crippen LogP contribution in [0.3, 0.4) is 0 Å². The van der Waals surface area contributed by atoms with Gasteiger partial charge in [-0.05, 0) is 74.5 Å². The van der Waals surface area contributed by atoms with Gasteiger partial charge in [0.05, 0.1) is 5.57 Å². The van der Waals surface area contributed by atoms with Gasteiger partial charge in [0, 0.05) is 22.6 Å². The van der Waals surface area contributed by atoms with Crippen molar-refractivity contribution in [2.24, 2.45) is 10.1 Å². The van der Waals surface area contributed by atoms with Crippen molar-refractivity contribution in [2.45, 2.75) is 20.8 Å². The van der Waals surface area contributed by atoms with E-state index in [4.69, 9.17) is 5.41 Å². The fraction of sp³-hybridized carbons (Fsp3) is 0.120. The highest BCUT2D eigenvalue weighted by Gasteiger charge is 2.36. The van der Waals surface area contributed by atoms with E-state index in [1.165, 1.54) is 28.9 Å². The van der Waals surface area contributed by atoms with Crippen LogP contribution in [0.25, 0.3) is 11.8 Å². The summed E-state index contributed by atoms with van der Waals surface area (Å²) in [4.78, 5) is 17.0. The predicted molar refractivity (Wildman–Crippen MR) is 130 cm³/mol. The number of thioether (sulfide) groups is 1. The molecule has 0 bridgehead atoms. The van der Waals surface area contributed by atoms with Gasteiger partial charge in [0.1, 0.15) is 10.9 Å². The lowest BCUT2D eigenvalue weighted by atomic mass is 10.1. The van der Waals surface area contributed by atoms with Gasteiger partial charge >= 0.3 is 0 Å². The van der Waals surface area contributed by atoms with Crippen molar-refractivity contribution in [1.29, 1.82) is 5.41 Å². The van der Waals surface area contributed by atoms with Crippen molar-refractivity contribution in [3.8, 4) is 5.69 Å². The highest BCUT2D eigenvalue weighted by molar-refractivity contribution is 8.27. The molecular formula is C25H20FN5OS. The van der Waals surface area contributed by atoms with Crippen LogP contribution in [0.4, 0.5) is 4.39 Å². The SMILES string of the molecule is Cc1ccc(C2=NN3C(=N)C(=Cc4cc(C)n(-c5ccc(F)cc5)c4C)C(=O)N=C3S2)cc1. The smallest absolute Gasteiger partial charge is 0.283 e. The third-order valence-electron chi connectivity index (χ3n) is 5.61. The first-order valence-corrected chi connectivity index (χ1v) is 11.2. The summed E-state index contributed by atoms with van der Waals surface area (Å²) in [5.41, 5.74) is 5.65. The van der Waals surface area contributed by atoms with Gasteiger partial charge in [-0.1, -0.05) is 29.8 Å². The lowest BCUT2D eigenvalue weighted by Crippen LogP contribution is -2.35. The van der Waals surface area contributed by atoms with Crippen molar-refractivity contribution < 1.29 is 9.18 Å². The molecule has 2 aliphatic heterocycles. The molecule has 33 heavy (non-hydrogen) atoms. The number of aromatic nitrogens is 1. The molecule has 0 radical (unpaired) electrons. The molecule has 2 aliphatic rings. The number of hydrogen-bond acceptors (Lipinski definition) is 4. The highest BCUT2D eigenvalue weighted by atomic mass is 32.2. The van der Waals surface area contributed by atoms with E-state index in [1.54, 1.807) is 18.2 Å². The summed E-state index contributed by atoms with van der Waals surface area (Å²) in [6.45, 7) is 5.88. The van der Waals surface area contributed by atoms with Crippen LogP contribution >= 0.6 is 11.8 Å². The van der Waals surface area contributed by atoms with E-state index in [2.05, 4.69) is 10.1 Å². The Balaban J connectivity index is 1.50. The number of aliphatic imine (C=N–C) groups is 1. The Labute approximate surface area is 194 Å². The summed E-state index contributed by atoms with van der Waals surface area (Å²) >= 11 is 1.28. The Morgan fingerprint density at radius 2 is 1.73 bits per heavy atom. The molecular weight excluding hydrogens is 437 g/mol. The number of amides is 1. The Hall–Kier alpha value is -3.78. The number of carbonyl (C=O) groups is 1. The van der Waals surface area contributed by atoms with Gasteiger partial charge in [-0.25, -0.2) is 4.39 Å². The summed E-state index contributed by atoms with van der Waals surface area (Å²) in [5.74, 6) is -0.774. The van der Waals surface area contributed by atoms with Gasteiger partial charge in [0.2, 0.25) is 5.17 Å². The summed E-state index contributed by atoms with van der Waals surface area (Å²) in [6, 6.07) is 16.1. The molecule has 0 unspecified atom stereocenters. The average Bonchev–Trinajstić information content (AvgIpc) is 3.33. The molecule has 2 aromatic carbocycles. The molecule has 0 fully saturated rings. The van der Waals surface area contributed by atoms with E-state index in [0.29, 0.717) is 10.2 Å². The largest absolute Gasteiger partial charge is 0.318 e. The molecule has 0 atom stereocenters. The number of fused-ring (bicyclic) bond motifs is 1. The van der Waals surface area contributed by atoms with Crippen LogP contribution in [0.2, 0.25) is 0 Å². The number of nitrogens with one attached hydrogen (secondary N) is 1. The first-order valence-electron chi connectivity index (χ1n) is 10.3. The van der Waals surface area contributed by atoms with Gasteiger partial charge in [-0.15, -0.1) is 0 Å². The minimum absolute atomic E-state index is 0.00815. The maximum atomic E-state index is 13.4. The second-order valence-electron chi connectivity index (χ2n) is 7.93. The molecule has 6 nitrogen and oxygen atoms in total. The molecule has 3 heterocycles. The topological polar surface area (TPSA) is 73.8 Å². The van der Waals surface area contributed by atoms with Crippen molar-refractivity contribution in [3.05, 3.63) is 94.1 Å². The molecule has 0 saturated carbocycles. The molecule has 8 heteroatoms. The van der Waals surface area contributed by atoms with Gasteiger partial charge < -0.3 is 4.57 Å². The first kappa shape index (κ1) is 21.1. The van der Waals surface area contributed by atoms with E-state index in [9.17, 15) is 9.18 Å². The maximum Gasteiger partial charge on any atom is 0.283 e. The third-order valence-corrected chi connectivity index (χ3v) is 6.57. The predicted octanol–water partition coefficient (Wildman–Crippen LogP) is 5.21. The standard InChI is InChI=1S/C25H20FN5OS/c1-14-4-6-17(7-5-14)24-29-31-22(27)21(23(32)28-25(31)33-24)13-18-12-15(2)30(16(18)3)20-10-8-19(26)9-11-20/h4-13,27H,1-3H3. The maximum absolute atomic E-state index is 13.4. The van der Waals surface area contributed by atoms with E-state index in [0.717, 1.165) is 33.8 Å². The van der Waals surface area contributed by atoms with Gasteiger partial charge in [-0.2, -0.15) is 15.1 Å². The number of benzene rings is 2. The number of amidine groups is 2. The monoisotopic (exact) mass is 457 g/mol. The lowest BCUT2D eigenvalue weighted by Gasteiger charge is -2.20.